The molecule has 1 atom stereocenters. The summed E-state index contributed by atoms with van der Waals surface area (Å²) in [6, 6.07) is 2.58. The topological polar surface area (TPSA) is 50.3 Å². The first-order valence-corrected chi connectivity index (χ1v) is 7.64. The van der Waals surface area contributed by atoms with Crippen LogP contribution in [0.4, 0.5) is 11.6 Å². The van der Waals surface area contributed by atoms with Gasteiger partial charge in [0.2, 0.25) is 0 Å². The summed E-state index contributed by atoms with van der Waals surface area (Å²) in [5.74, 6) is 2.64. The van der Waals surface area contributed by atoms with Crippen molar-refractivity contribution in [2.45, 2.75) is 52.2 Å². The highest BCUT2D eigenvalue weighted by molar-refractivity contribution is 5.49. The molecule has 2 heterocycles. The molecule has 1 aliphatic rings. The number of hydrogen-bond acceptors (Lipinski definition) is 5. The van der Waals surface area contributed by atoms with Crippen molar-refractivity contribution in [2.24, 2.45) is 0 Å². The summed E-state index contributed by atoms with van der Waals surface area (Å²) in [5.41, 5.74) is 0. The van der Waals surface area contributed by atoms with Gasteiger partial charge in [-0.1, -0.05) is 12.8 Å². The Bertz CT molecular complexity index is 424. The van der Waals surface area contributed by atoms with Crippen molar-refractivity contribution >= 4 is 11.6 Å². The van der Waals surface area contributed by atoms with Crippen molar-refractivity contribution in [3.05, 3.63) is 11.9 Å². The van der Waals surface area contributed by atoms with Crippen molar-refractivity contribution in [2.75, 3.05) is 30.4 Å². The lowest BCUT2D eigenvalue weighted by Gasteiger charge is -2.28. The van der Waals surface area contributed by atoms with Gasteiger partial charge in [-0.2, -0.15) is 0 Å². The number of nitrogens with zero attached hydrogens (tertiary/aromatic N) is 3. The fraction of sp³-hybridized carbons (Fsp3) is 0.733. The van der Waals surface area contributed by atoms with Crippen molar-refractivity contribution in [3.63, 3.8) is 0 Å². The highest BCUT2D eigenvalue weighted by Crippen LogP contribution is 2.24. The van der Waals surface area contributed by atoms with E-state index in [-0.39, 0.29) is 0 Å². The molecule has 0 saturated carbocycles. The zero-order valence-corrected chi connectivity index (χ0v) is 12.9. The van der Waals surface area contributed by atoms with Gasteiger partial charge in [-0.3, -0.25) is 0 Å². The molecule has 112 valence electrons. The van der Waals surface area contributed by atoms with Gasteiger partial charge in [0.25, 0.3) is 0 Å². The van der Waals surface area contributed by atoms with Gasteiger partial charge in [0.05, 0.1) is 0 Å². The number of ether oxygens (including phenoxy) is 1. The maximum absolute atomic E-state index is 5.44. The molecule has 2 rings (SSSR count). The fourth-order valence-electron chi connectivity index (χ4n) is 2.63. The molecular weight excluding hydrogens is 252 g/mol. The van der Waals surface area contributed by atoms with Crippen LogP contribution in [0.3, 0.4) is 0 Å². The Morgan fingerprint density at radius 2 is 2.20 bits per heavy atom. The Labute approximate surface area is 121 Å². The molecule has 1 aromatic heterocycles. The molecule has 1 aromatic rings. The van der Waals surface area contributed by atoms with Gasteiger partial charge in [0.15, 0.2) is 5.82 Å². The number of rotatable bonds is 5. The molecule has 1 N–H and O–H groups in total. The molecule has 1 fully saturated rings. The van der Waals surface area contributed by atoms with Crippen molar-refractivity contribution in [1.29, 1.82) is 0 Å². The second-order valence-corrected chi connectivity index (χ2v) is 5.31. The van der Waals surface area contributed by atoms with Gasteiger partial charge in [0.1, 0.15) is 18.2 Å². The molecule has 0 aliphatic carbocycles. The van der Waals surface area contributed by atoms with E-state index in [9.17, 15) is 0 Å². The van der Waals surface area contributed by atoms with E-state index in [1.165, 1.54) is 25.7 Å². The minimum absolute atomic E-state index is 0.473. The van der Waals surface area contributed by atoms with Crippen LogP contribution in [0.1, 0.15) is 45.4 Å². The van der Waals surface area contributed by atoms with E-state index in [4.69, 9.17) is 4.74 Å². The number of aromatic nitrogens is 2. The molecule has 1 saturated heterocycles. The Balaban J connectivity index is 2.23. The summed E-state index contributed by atoms with van der Waals surface area (Å²) >= 11 is 0. The summed E-state index contributed by atoms with van der Waals surface area (Å²) in [6.07, 6.45) is 5.10. The standard InChI is InChI=1S/C15H26N4O/c1-4-20-11-14-17-13(16-3)10-15(18-14)19-9-7-5-6-8-12(19)2/h10,12H,4-9,11H2,1-3H3,(H,16,17,18). The van der Waals surface area contributed by atoms with E-state index < -0.39 is 0 Å². The van der Waals surface area contributed by atoms with Gasteiger partial charge in [0, 0.05) is 32.3 Å². The normalized spacial score (nSPS) is 19.8. The SMILES string of the molecule is CCOCc1nc(NC)cc(N2CCCCCC2C)n1. The molecule has 0 amide bonds. The smallest absolute Gasteiger partial charge is 0.158 e. The molecule has 20 heavy (non-hydrogen) atoms. The van der Waals surface area contributed by atoms with Gasteiger partial charge < -0.3 is 15.0 Å². The third kappa shape index (κ3) is 3.82. The van der Waals surface area contributed by atoms with E-state index >= 15 is 0 Å². The minimum atomic E-state index is 0.473. The van der Waals surface area contributed by atoms with Crippen LogP contribution in [0.2, 0.25) is 0 Å². The van der Waals surface area contributed by atoms with Crippen LogP contribution in [0.25, 0.3) is 0 Å². The predicted molar refractivity (Wildman–Crippen MR) is 82.2 cm³/mol. The highest BCUT2D eigenvalue weighted by atomic mass is 16.5. The Morgan fingerprint density at radius 3 is 2.95 bits per heavy atom. The fourth-order valence-corrected chi connectivity index (χ4v) is 2.63. The van der Waals surface area contributed by atoms with Gasteiger partial charge in [-0.25, -0.2) is 9.97 Å². The average Bonchev–Trinajstić information content (AvgIpc) is 2.69. The maximum Gasteiger partial charge on any atom is 0.158 e. The zero-order valence-electron chi connectivity index (χ0n) is 12.9. The third-order valence-corrected chi connectivity index (χ3v) is 3.80. The molecule has 0 radical (unpaired) electrons. The van der Waals surface area contributed by atoms with E-state index in [1.807, 2.05) is 20.0 Å². The van der Waals surface area contributed by atoms with Crippen molar-refractivity contribution < 1.29 is 4.74 Å². The molecule has 0 spiro atoms. The summed E-state index contributed by atoms with van der Waals surface area (Å²) in [7, 11) is 1.89. The maximum atomic E-state index is 5.44. The lowest BCUT2D eigenvalue weighted by molar-refractivity contribution is 0.128. The van der Waals surface area contributed by atoms with Crippen LogP contribution in [0, 0.1) is 0 Å². The Morgan fingerprint density at radius 1 is 1.35 bits per heavy atom. The molecule has 0 aromatic carbocycles. The van der Waals surface area contributed by atoms with Gasteiger partial charge in [-0.15, -0.1) is 0 Å². The van der Waals surface area contributed by atoms with Crippen LogP contribution in [-0.2, 0) is 11.3 Å². The average molecular weight is 278 g/mol. The Hall–Kier alpha value is -1.36. The van der Waals surface area contributed by atoms with Crippen LogP contribution >= 0.6 is 0 Å². The lowest BCUT2D eigenvalue weighted by atomic mass is 10.1. The minimum Gasteiger partial charge on any atom is -0.374 e. The van der Waals surface area contributed by atoms with Gasteiger partial charge in [-0.05, 0) is 26.7 Å². The summed E-state index contributed by atoms with van der Waals surface area (Å²) < 4.78 is 5.44. The van der Waals surface area contributed by atoms with E-state index in [0.29, 0.717) is 19.3 Å². The first kappa shape index (κ1) is 15.0. The van der Waals surface area contributed by atoms with Crippen LogP contribution in [0.15, 0.2) is 6.07 Å². The number of anilines is 2. The second kappa shape index (κ2) is 7.43. The molecule has 1 unspecified atom stereocenters. The molecule has 0 bridgehead atoms. The summed E-state index contributed by atoms with van der Waals surface area (Å²) in [4.78, 5) is 11.6. The molecule has 5 nitrogen and oxygen atoms in total. The molecule has 5 heteroatoms. The predicted octanol–water partition coefficient (Wildman–Crippen LogP) is 2.82. The quantitative estimate of drug-likeness (QED) is 0.897. The lowest BCUT2D eigenvalue weighted by Crippen LogP contribution is -2.33. The van der Waals surface area contributed by atoms with Crippen LogP contribution in [-0.4, -0.2) is 36.2 Å². The van der Waals surface area contributed by atoms with Crippen molar-refractivity contribution in [1.82, 2.24) is 9.97 Å². The second-order valence-electron chi connectivity index (χ2n) is 5.31. The monoisotopic (exact) mass is 278 g/mol. The summed E-state index contributed by atoms with van der Waals surface area (Å²) in [5, 5.41) is 3.12. The van der Waals surface area contributed by atoms with Gasteiger partial charge >= 0.3 is 0 Å². The first-order valence-electron chi connectivity index (χ1n) is 7.64. The van der Waals surface area contributed by atoms with Crippen LogP contribution < -0.4 is 10.2 Å². The van der Waals surface area contributed by atoms with E-state index in [0.717, 1.165) is 24.0 Å². The van der Waals surface area contributed by atoms with Crippen molar-refractivity contribution in [3.8, 4) is 0 Å². The first-order chi connectivity index (χ1) is 9.74. The Kier molecular flexibility index (Phi) is 5.59. The van der Waals surface area contributed by atoms with Crippen LogP contribution in [0.5, 0.6) is 0 Å². The third-order valence-electron chi connectivity index (χ3n) is 3.80. The van der Waals surface area contributed by atoms with E-state index in [2.05, 4.69) is 27.1 Å². The van der Waals surface area contributed by atoms with E-state index in [1.54, 1.807) is 0 Å². The largest absolute Gasteiger partial charge is 0.374 e. The molecule has 1 aliphatic heterocycles. The number of nitrogens with one attached hydrogen (secondary N) is 1. The highest BCUT2D eigenvalue weighted by Gasteiger charge is 2.19. The zero-order chi connectivity index (χ0) is 14.4. The summed E-state index contributed by atoms with van der Waals surface area (Å²) in [6.45, 7) is 6.51. The number of hydrogen-bond donors (Lipinski definition) is 1. The molecular formula is C15H26N4O.